The summed E-state index contributed by atoms with van der Waals surface area (Å²) in [5, 5.41) is 3.59. The van der Waals surface area contributed by atoms with Crippen molar-refractivity contribution in [3.63, 3.8) is 0 Å². The molecule has 0 spiro atoms. The third kappa shape index (κ3) is 3.13. The predicted molar refractivity (Wildman–Crippen MR) is 61.6 cm³/mol. The number of hydrogen-bond donors (Lipinski definition) is 1. The first-order valence-electron chi connectivity index (χ1n) is 4.80. The van der Waals surface area contributed by atoms with Gasteiger partial charge in [0, 0.05) is 12.2 Å². The van der Waals surface area contributed by atoms with E-state index in [4.69, 9.17) is 11.6 Å². The molecule has 0 saturated heterocycles. The fraction of sp³-hybridized carbons (Fsp3) is 0.364. The quantitative estimate of drug-likeness (QED) is 0.804. The molecule has 0 aromatic heterocycles. The van der Waals surface area contributed by atoms with Gasteiger partial charge >= 0.3 is 5.97 Å². The topological polar surface area (TPSA) is 38.3 Å². The van der Waals surface area contributed by atoms with Gasteiger partial charge in [-0.1, -0.05) is 18.5 Å². The molecule has 0 unspecified atom stereocenters. The Morgan fingerprint density at radius 3 is 2.80 bits per heavy atom. The van der Waals surface area contributed by atoms with E-state index in [0.29, 0.717) is 10.6 Å². The Labute approximate surface area is 94.4 Å². The second-order valence-electron chi connectivity index (χ2n) is 3.11. The van der Waals surface area contributed by atoms with Crippen LogP contribution >= 0.6 is 11.6 Å². The lowest BCUT2D eigenvalue weighted by molar-refractivity contribution is 0.0601. The first kappa shape index (κ1) is 11.9. The largest absolute Gasteiger partial charge is 0.465 e. The monoisotopic (exact) mass is 227 g/mol. The van der Waals surface area contributed by atoms with Gasteiger partial charge in [0.2, 0.25) is 0 Å². The smallest absolute Gasteiger partial charge is 0.339 e. The average molecular weight is 228 g/mol. The number of carbonyl (C=O) groups excluding carboxylic acids is 1. The number of hydrogen-bond acceptors (Lipinski definition) is 3. The Bertz CT molecular complexity index is 352. The van der Waals surface area contributed by atoms with Crippen molar-refractivity contribution in [1.82, 2.24) is 0 Å². The van der Waals surface area contributed by atoms with E-state index in [9.17, 15) is 4.79 Å². The highest BCUT2D eigenvalue weighted by molar-refractivity contribution is 6.33. The standard InChI is InChI=1S/C11H14ClNO2/c1-3-6-13-8-4-5-9(10(12)7-8)11(14)15-2/h4-5,7,13H,3,6H2,1-2H3. The maximum absolute atomic E-state index is 11.2. The molecule has 0 radical (unpaired) electrons. The Morgan fingerprint density at radius 2 is 2.27 bits per heavy atom. The van der Waals surface area contributed by atoms with Gasteiger partial charge in [-0.25, -0.2) is 4.79 Å². The molecule has 0 aliphatic rings. The fourth-order valence-corrected chi connectivity index (χ4v) is 1.43. The van der Waals surface area contributed by atoms with E-state index >= 15 is 0 Å². The molecule has 0 bridgehead atoms. The highest BCUT2D eigenvalue weighted by Gasteiger charge is 2.10. The summed E-state index contributed by atoms with van der Waals surface area (Å²) < 4.78 is 4.59. The van der Waals surface area contributed by atoms with Gasteiger partial charge in [-0.05, 0) is 24.6 Å². The van der Waals surface area contributed by atoms with E-state index in [1.807, 2.05) is 6.07 Å². The van der Waals surface area contributed by atoms with Crippen LogP contribution in [0.1, 0.15) is 23.7 Å². The normalized spacial score (nSPS) is 9.80. The van der Waals surface area contributed by atoms with Crippen molar-refractivity contribution in [3.8, 4) is 0 Å². The summed E-state index contributed by atoms with van der Waals surface area (Å²) in [6, 6.07) is 5.20. The van der Waals surface area contributed by atoms with Crippen molar-refractivity contribution in [2.45, 2.75) is 13.3 Å². The lowest BCUT2D eigenvalue weighted by Gasteiger charge is -2.07. The minimum Gasteiger partial charge on any atom is -0.465 e. The summed E-state index contributed by atoms with van der Waals surface area (Å²) >= 11 is 5.94. The van der Waals surface area contributed by atoms with E-state index in [1.54, 1.807) is 12.1 Å². The van der Waals surface area contributed by atoms with Gasteiger partial charge in [-0.15, -0.1) is 0 Å². The molecule has 0 heterocycles. The lowest BCUT2D eigenvalue weighted by Crippen LogP contribution is -2.04. The number of halogens is 1. The average Bonchev–Trinajstić information content (AvgIpc) is 2.25. The molecule has 0 amide bonds. The zero-order chi connectivity index (χ0) is 11.3. The van der Waals surface area contributed by atoms with Gasteiger partial charge < -0.3 is 10.1 Å². The van der Waals surface area contributed by atoms with Crippen molar-refractivity contribution in [1.29, 1.82) is 0 Å². The first-order valence-corrected chi connectivity index (χ1v) is 5.18. The second-order valence-corrected chi connectivity index (χ2v) is 3.52. The molecule has 1 aromatic rings. The molecule has 1 aromatic carbocycles. The second kappa shape index (κ2) is 5.61. The highest BCUT2D eigenvalue weighted by Crippen LogP contribution is 2.21. The van der Waals surface area contributed by atoms with Crippen LogP contribution in [0.15, 0.2) is 18.2 Å². The summed E-state index contributed by atoms with van der Waals surface area (Å²) in [4.78, 5) is 11.2. The number of ether oxygens (including phenoxy) is 1. The number of benzene rings is 1. The fourth-order valence-electron chi connectivity index (χ4n) is 1.17. The number of anilines is 1. The SMILES string of the molecule is CCCNc1ccc(C(=O)OC)c(Cl)c1. The maximum Gasteiger partial charge on any atom is 0.339 e. The summed E-state index contributed by atoms with van der Waals surface area (Å²) in [5.41, 5.74) is 1.30. The van der Waals surface area contributed by atoms with Crippen molar-refractivity contribution in [2.75, 3.05) is 19.0 Å². The van der Waals surface area contributed by atoms with Crippen LogP contribution in [0.4, 0.5) is 5.69 Å². The maximum atomic E-state index is 11.2. The molecule has 1 N–H and O–H groups in total. The Morgan fingerprint density at radius 1 is 1.53 bits per heavy atom. The third-order valence-electron chi connectivity index (χ3n) is 1.95. The van der Waals surface area contributed by atoms with Gasteiger partial charge in [-0.3, -0.25) is 0 Å². The number of esters is 1. The molecule has 3 nitrogen and oxygen atoms in total. The molecule has 82 valence electrons. The Balaban J connectivity index is 2.83. The molecule has 0 aliphatic carbocycles. The van der Waals surface area contributed by atoms with Crippen LogP contribution in [0, 0.1) is 0 Å². The van der Waals surface area contributed by atoms with Crippen molar-refractivity contribution < 1.29 is 9.53 Å². The number of methoxy groups -OCH3 is 1. The van der Waals surface area contributed by atoms with E-state index in [0.717, 1.165) is 18.7 Å². The lowest BCUT2D eigenvalue weighted by atomic mass is 10.2. The van der Waals surface area contributed by atoms with E-state index in [2.05, 4.69) is 17.0 Å². The minimum atomic E-state index is -0.415. The molecule has 0 atom stereocenters. The van der Waals surface area contributed by atoms with Gasteiger partial charge in [0.15, 0.2) is 0 Å². The molecule has 0 aliphatic heterocycles. The van der Waals surface area contributed by atoms with E-state index < -0.39 is 5.97 Å². The molecule has 1 rings (SSSR count). The van der Waals surface area contributed by atoms with Gasteiger partial charge in [0.1, 0.15) is 0 Å². The minimum absolute atomic E-state index is 0.390. The van der Waals surface area contributed by atoms with Crippen LogP contribution in [0.25, 0.3) is 0 Å². The van der Waals surface area contributed by atoms with Gasteiger partial charge in [-0.2, -0.15) is 0 Å². The molecule has 0 fully saturated rings. The summed E-state index contributed by atoms with van der Waals surface area (Å²) in [6.07, 6.45) is 1.04. The molecule has 15 heavy (non-hydrogen) atoms. The van der Waals surface area contributed by atoms with E-state index in [1.165, 1.54) is 7.11 Å². The Hall–Kier alpha value is -1.22. The van der Waals surface area contributed by atoms with Crippen LogP contribution in [-0.4, -0.2) is 19.6 Å². The van der Waals surface area contributed by atoms with Crippen LogP contribution in [0.5, 0.6) is 0 Å². The van der Waals surface area contributed by atoms with E-state index in [-0.39, 0.29) is 0 Å². The highest BCUT2D eigenvalue weighted by atomic mass is 35.5. The van der Waals surface area contributed by atoms with Crippen LogP contribution in [0.3, 0.4) is 0 Å². The molecular formula is C11H14ClNO2. The Kier molecular flexibility index (Phi) is 4.43. The number of nitrogens with one attached hydrogen (secondary N) is 1. The molecule has 4 heteroatoms. The number of carbonyl (C=O) groups is 1. The third-order valence-corrected chi connectivity index (χ3v) is 2.27. The predicted octanol–water partition coefficient (Wildman–Crippen LogP) is 2.95. The summed E-state index contributed by atoms with van der Waals surface area (Å²) in [5.74, 6) is -0.415. The van der Waals surface area contributed by atoms with Crippen LogP contribution in [-0.2, 0) is 4.74 Å². The zero-order valence-electron chi connectivity index (χ0n) is 8.84. The van der Waals surface area contributed by atoms with Crippen molar-refractivity contribution in [2.24, 2.45) is 0 Å². The van der Waals surface area contributed by atoms with Crippen LogP contribution in [0.2, 0.25) is 5.02 Å². The number of rotatable bonds is 4. The van der Waals surface area contributed by atoms with Crippen molar-refractivity contribution >= 4 is 23.3 Å². The van der Waals surface area contributed by atoms with Gasteiger partial charge in [0.25, 0.3) is 0 Å². The van der Waals surface area contributed by atoms with Crippen molar-refractivity contribution in [3.05, 3.63) is 28.8 Å². The summed E-state index contributed by atoms with van der Waals surface area (Å²) in [6.45, 7) is 2.96. The molecule has 0 saturated carbocycles. The van der Waals surface area contributed by atoms with Gasteiger partial charge in [0.05, 0.1) is 17.7 Å². The van der Waals surface area contributed by atoms with Crippen LogP contribution < -0.4 is 5.32 Å². The first-order chi connectivity index (χ1) is 7.19. The summed E-state index contributed by atoms with van der Waals surface area (Å²) in [7, 11) is 1.34. The molecular weight excluding hydrogens is 214 g/mol. The zero-order valence-corrected chi connectivity index (χ0v) is 9.60.